The van der Waals surface area contributed by atoms with Crippen molar-refractivity contribution in [3.63, 3.8) is 0 Å². The highest BCUT2D eigenvalue weighted by Gasteiger charge is 2.22. The van der Waals surface area contributed by atoms with Crippen molar-refractivity contribution in [2.45, 2.75) is 296 Å². The van der Waals surface area contributed by atoms with Crippen LogP contribution in [0.15, 0.2) is 122 Å². The van der Waals surface area contributed by atoms with Crippen molar-refractivity contribution in [1.82, 2.24) is 0 Å². The average Bonchev–Trinajstić information content (AvgIpc) is 3.48. The monoisotopic (exact) mass is 1180 g/mol. The first-order valence-corrected chi connectivity index (χ1v) is 34.7. The van der Waals surface area contributed by atoms with Gasteiger partial charge >= 0.3 is 11.9 Å². The summed E-state index contributed by atoms with van der Waals surface area (Å²) in [5.41, 5.74) is 0. The summed E-state index contributed by atoms with van der Waals surface area (Å²) in [5, 5.41) is 11.8. The molecule has 0 amide bonds. The molecule has 2 unspecified atom stereocenters. The first kappa shape index (κ1) is 80.7. The van der Waals surface area contributed by atoms with Crippen molar-refractivity contribution in [2.75, 3.05) is 47.5 Å². The van der Waals surface area contributed by atoms with Crippen LogP contribution in [0.4, 0.5) is 0 Å². The van der Waals surface area contributed by atoms with Crippen LogP contribution in [0.3, 0.4) is 0 Å². The number of unbranched alkanes of at least 4 members (excludes halogenated alkanes) is 28. The highest BCUT2D eigenvalue weighted by molar-refractivity contribution is 5.70. The van der Waals surface area contributed by atoms with Crippen LogP contribution in [-0.2, 0) is 33.3 Å². The van der Waals surface area contributed by atoms with E-state index in [1.165, 1.54) is 161 Å². The standard InChI is InChI=1S/C76H129NO8/c1-6-8-10-12-14-16-18-20-22-24-26-28-30-32-34-35-36-37-38-39-41-42-44-46-48-50-52-54-56-58-60-62-64-66-73(78)83-70-72(71-84-76(75(80)81)82-69-68-77(3,4)5)85-74(79)67-65-63-61-59-57-55-53-51-49-47-45-43-40-33-31-29-27-25-23-21-19-17-15-13-11-9-7-2/h9,11,15,17-18,20-21,23-24,26-27,29,33,40,45,47,51,53,57,59,72,76H,6-8,10,12-14,16,19,22,25,28,30-32,34-39,41-44,46,48-50,52,54-56,58,60-71H2,1-5H3/b11-9-,17-15-,20-18-,23-21-,26-24-,29-27-,40-33-,47-45-,53-51-,59-57-. The molecular formula is C76H129NO8. The number of allylic oxidation sites excluding steroid dienone is 20. The van der Waals surface area contributed by atoms with Crippen LogP contribution in [0, 0.1) is 0 Å². The number of rotatable bonds is 63. The summed E-state index contributed by atoms with van der Waals surface area (Å²) in [5.74, 6) is -2.34. The normalized spacial score (nSPS) is 13.5. The van der Waals surface area contributed by atoms with Gasteiger partial charge in [0.25, 0.3) is 0 Å². The number of ether oxygens (including phenoxy) is 4. The molecule has 9 nitrogen and oxygen atoms in total. The molecule has 0 fully saturated rings. The molecule has 0 saturated carbocycles. The fourth-order valence-electron chi connectivity index (χ4n) is 9.41. The minimum Gasteiger partial charge on any atom is -0.545 e. The van der Waals surface area contributed by atoms with E-state index in [4.69, 9.17) is 18.9 Å². The Morgan fingerprint density at radius 2 is 0.671 bits per heavy atom. The van der Waals surface area contributed by atoms with Crippen molar-refractivity contribution in [3.8, 4) is 0 Å². The number of aliphatic carboxylic acids is 1. The molecule has 0 N–H and O–H groups in total. The van der Waals surface area contributed by atoms with E-state index in [9.17, 15) is 19.5 Å². The highest BCUT2D eigenvalue weighted by atomic mass is 16.7. The third-order valence-electron chi connectivity index (χ3n) is 14.7. The molecule has 9 heteroatoms. The SMILES string of the molecule is CC/C=C\C/C=C\C/C=C\C/C=C\C/C=C\C/C=C\C/C=C\C/C=C\CCCCC(=O)OC(COC(=O)CCCCCCCCCCCCCCCCCCCCCCC/C=C\C/C=C\CCCCCCC)COC(OCC[N+](C)(C)C)C(=O)[O-]. The maximum absolute atomic E-state index is 12.9. The Bertz CT molecular complexity index is 1810. The predicted octanol–water partition coefficient (Wildman–Crippen LogP) is 20.2. The number of hydrogen-bond acceptors (Lipinski definition) is 8. The van der Waals surface area contributed by atoms with E-state index in [2.05, 4.69) is 135 Å². The Labute approximate surface area is 523 Å². The lowest BCUT2D eigenvalue weighted by Crippen LogP contribution is -2.44. The number of carbonyl (C=O) groups is 3. The Balaban J connectivity index is 4.18. The fraction of sp³-hybridized carbons (Fsp3) is 0.697. The van der Waals surface area contributed by atoms with Crippen molar-refractivity contribution >= 4 is 17.9 Å². The summed E-state index contributed by atoms with van der Waals surface area (Å²) in [6.07, 6.45) is 90.0. The van der Waals surface area contributed by atoms with Crippen LogP contribution in [0.25, 0.3) is 0 Å². The molecule has 85 heavy (non-hydrogen) atoms. The zero-order valence-corrected chi connectivity index (χ0v) is 55.4. The van der Waals surface area contributed by atoms with E-state index >= 15 is 0 Å². The average molecular weight is 1180 g/mol. The maximum Gasteiger partial charge on any atom is 0.306 e. The molecule has 0 aromatic carbocycles. The molecule has 0 aliphatic rings. The third kappa shape index (κ3) is 67.1. The summed E-state index contributed by atoms with van der Waals surface area (Å²) in [6, 6.07) is 0. The largest absolute Gasteiger partial charge is 0.545 e. The molecule has 0 aromatic heterocycles. The fourth-order valence-corrected chi connectivity index (χ4v) is 9.41. The molecule has 0 spiro atoms. The zero-order valence-electron chi connectivity index (χ0n) is 55.4. The third-order valence-corrected chi connectivity index (χ3v) is 14.7. The molecule has 486 valence electrons. The smallest absolute Gasteiger partial charge is 0.306 e. The zero-order chi connectivity index (χ0) is 61.9. The highest BCUT2D eigenvalue weighted by Crippen LogP contribution is 2.17. The van der Waals surface area contributed by atoms with E-state index in [1.807, 2.05) is 21.1 Å². The van der Waals surface area contributed by atoms with E-state index in [-0.39, 0.29) is 38.6 Å². The lowest BCUT2D eigenvalue weighted by molar-refractivity contribution is -0.870. The lowest BCUT2D eigenvalue weighted by atomic mass is 10.0. The van der Waals surface area contributed by atoms with Crippen molar-refractivity contribution < 1.29 is 42.9 Å². The van der Waals surface area contributed by atoms with Crippen LogP contribution in [0.5, 0.6) is 0 Å². The second kappa shape index (κ2) is 65.7. The number of hydrogen-bond donors (Lipinski definition) is 0. The van der Waals surface area contributed by atoms with Crippen molar-refractivity contribution in [1.29, 1.82) is 0 Å². The quantitative estimate of drug-likeness (QED) is 0.0195. The van der Waals surface area contributed by atoms with Gasteiger partial charge in [-0.15, -0.1) is 0 Å². The Morgan fingerprint density at radius 1 is 0.365 bits per heavy atom. The predicted molar refractivity (Wildman–Crippen MR) is 361 cm³/mol. The Kier molecular flexibility index (Phi) is 62.3. The number of carboxylic acid groups (broad SMARTS) is 1. The minimum atomic E-state index is -1.64. The van der Waals surface area contributed by atoms with Crippen LogP contribution >= 0.6 is 0 Å². The minimum absolute atomic E-state index is 0.134. The Hall–Kier alpha value is -4.31. The van der Waals surface area contributed by atoms with E-state index < -0.39 is 24.3 Å². The molecule has 0 aromatic rings. The number of nitrogens with zero attached hydrogens (tertiary/aromatic N) is 1. The molecule has 0 aliphatic heterocycles. The molecule has 0 heterocycles. The number of quaternary nitrogens is 1. The van der Waals surface area contributed by atoms with Gasteiger partial charge in [0, 0.05) is 12.8 Å². The van der Waals surface area contributed by atoms with Crippen molar-refractivity contribution in [2.24, 2.45) is 0 Å². The maximum atomic E-state index is 12.9. The number of carbonyl (C=O) groups excluding carboxylic acids is 3. The summed E-state index contributed by atoms with van der Waals surface area (Å²) in [7, 11) is 5.91. The number of carboxylic acids is 1. The van der Waals surface area contributed by atoms with Gasteiger partial charge in [0.2, 0.25) is 0 Å². The molecule has 0 bridgehead atoms. The van der Waals surface area contributed by atoms with E-state index in [1.54, 1.807) is 0 Å². The summed E-state index contributed by atoms with van der Waals surface area (Å²) in [4.78, 5) is 37.4. The van der Waals surface area contributed by atoms with Gasteiger partial charge in [-0.3, -0.25) is 9.59 Å². The van der Waals surface area contributed by atoms with Gasteiger partial charge in [-0.25, -0.2) is 0 Å². The van der Waals surface area contributed by atoms with Gasteiger partial charge in [0.1, 0.15) is 13.2 Å². The molecule has 2 atom stereocenters. The van der Waals surface area contributed by atoms with Crippen LogP contribution in [0.2, 0.25) is 0 Å². The summed E-state index contributed by atoms with van der Waals surface area (Å²) in [6.45, 7) is 4.58. The van der Waals surface area contributed by atoms with Crippen LogP contribution in [-0.4, -0.2) is 82.3 Å². The molecule has 0 radical (unpaired) electrons. The van der Waals surface area contributed by atoms with Gasteiger partial charge < -0.3 is 33.3 Å². The number of esters is 2. The van der Waals surface area contributed by atoms with Gasteiger partial charge in [-0.2, -0.15) is 0 Å². The molecule has 0 rings (SSSR count). The number of likely N-dealkylation sites (N-methyl/N-ethyl adjacent to an activating group) is 1. The summed E-state index contributed by atoms with van der Waals surface area (Å²) < 4.78 is 22.7. The molecule has 0 saturated heterocycles. The molecular weight excluding hydrogens is 1050 g/mol. The van der Waals surface area contributed by atoms with Gasteiger partial charge in [0.15, 0.2) is 12.4 Å². The summed E-state index contributed by atoms with van der Waals surface area (Å²) >= 11 is 0. The second-order valence-corrected chi connectivity index (χ2v) is 24.1. The van der Waals surface area contributed by atoms with E-state index in [0.29, 0.717) is 17.4 Å². The van der Waals surface area contributed by atoms with Gasteiger partial charge in [-0.05, 0) is 109 Å². The topological polar surface area (TPSA) is 111 Å². The van der Waals surface area contributed by atoms with Gasteiger partial charge in [0.05, 0.1) is 40.3 Å². The van der Waals surface area contributed by atoms with E-state index in [0.717, 1.165) is 89.9 Å². The molecule has 0 aliphatic carbocycles. The van der Waals surface area contributed by atoms with Crippen LogP contribution < -0.4 is 5.11 Å². The van der Waals surface area contributed by atoms with Crippen LogP contribution in [0.1, 0.15) is 284 Å². The van der Waals surface area contributed by atoms with Crippen molar-refractivity contribution in [3.05, 3.63) is 122 Å². The first-order valence-electron chi connectivity index (χ1n) is 34.7. The first-order chi connectivity index (χ1) is 41.6. The Morgan fingerprint density at radius 3 is 1.02 bits per heavy atom. The second-order valence-electron chi connectivity index (χ2n) is 24.1. The lowest BCUT2D eigenvalue weighted by Gasteiger charge is -2.26. The van der Waals surface area contributed by atoms with Gasteiger partial charge in [-0.1, -0.05) is 283 Å².